The van der Waals surface area contributed by atoms with Gasteiger partial charge < -0.3 is 9.73 Å². The zero-order chi connectivity index (χ0) is 36.3. The quantitative estimate of drug-likeness (QED) is 0.0958. The van der Waals surface area contributed by atoms with Gasteiger partial charge >= 0.3 is 0 Å². The zero-order valence-electron chi connectivity index (χ0n) is 27.0. The van der Waals surface area contributed by atoms with Gasteiger partial charge in [-0.15, -0.1) is 0 Å². The average Bonchev–Trinajstić information content (AvgIpc) is 3.01. The standard InChI is InChI=1S/C35H30N2O10S3/c1-19-9-15-28(21(3)34(19)49(41,42)43)36-23-11-13-25-30(17-23)47-31-18-24(37-29-16-10-20(2)35(22(29)4)50(44,45)46)12-14-26(31)33(25)27-7-5-6-8-32(27)48(38,39)40/h5-18,36H,1-4H3,(H,38,39,40)(H,41,42,43)(H,44,45,46). The molecular formula is C35H30N2O10S3. The van der Waals surface area contributed by atoms with Gasteiger partial charge in [-0.3, -0.25) is 13.7 Å². The fourth-order valence-electron chi connectivity index (χ4n) is 6.20. The summed E-state index contributed by atoms with van der Waals surface area (Å²) in [6, 6.07) is 22.2. The molecule has 4 aromatic rings. The molecule has 0 atom stereocenters. The minimum atomic E-state index is -4.67. The summed E-state index contributed by atoms with van der Waals surface area (Å²) in [5, 5.41) is 3.99. The van der Waals surface area contributed by atoms with Gasteiger partial charge in [0, 0.05) is 45.6 Å². The lowest BCUT2D eigenvalue weighted by Gasteiger charge is -2.18. The lowest BCUT2D eigenvalue weighted by molar-refractivity contribution is 0.479. The summed E-state index contributed by atoms with van der Waals surface area (Å²) >= 11 is 0. The summed E-state index contributed by atoms with van der Waals surface area (Å²) in [5.74, 6) is 0.260. The van der Waals surface area contributed by atoms with E-state index in [1.54, 1.807) is 87.5 Å². The molecule has 6 rings (SSSR count). The van der Waals surface area contributed by atoms with Crippen LogP contribution in [-0.4, -0.2) is 38.9 Å². The number of fused-ring (bicyclic) bond motifs is 2. The van der Waals surface area contributed by atoms with Crippen molar-refractivity contribution in [3.8, 4) is 22.5 Å². The van der Waals surface area contributed by atoms with Gasteiger partial charge in [-0.05, 0) is 92.4 Å². The zero-order valence-corrected chi connectivity index (χ0v) is 29.4. The van der Waals surface area contributed by atoms with E-state index < -0.39 is 30.4 Å². The smallest absolute Gasteiger partial charge is 0.295 e. The van der Waals surface area contributed by atoms with E-state index in [1.807, 2.05) is 0 Å². The second-order valence-electron chi connectivity index (χ2n) is 11.8. The van der Waals surface area contributed by atoms with Crippen molar-refractivity contribution in [2.45, 2.75) is 42.4 Å². The molecule has 0 fully saturated rings. The molecule has 12 nitrogen and oxygen atoms in total. The van der Waals surface area contributed by atoms with Crippen molar-refractivity contribution in [2.75, 3.05) is 5.32 Å². The van der Waals surface area contributed by atoms with Gasteiger partial charge in [0.15, 0.2) is 0 Å². The Bertz CT molecular complexity index is 2750. The number of anilines is 2. The van der Waals surface area contributed by atoms with E-state index in [1.165, 1.54) is 25.1 Å². The van der Waals surface area contributed by atoms with E-state index in [4.69, 9.17) is 4.42 Å². The second-order valence-corrected chi connectivity index (χ2v) is 15.9. The molecule has 258 valence electrons. The SMILES string of the molecule is Cc1ccc(N=c2ccc3c(-c4ccccc4S(=O)(=O)O)c4ccc(Nc5ccc(C)c(S(=O)(=O)O)c5C)cc4oc-3c2)c(C)c1S(=O)(=O)O. The molecule has 0 saturated heterocycles. The van der Waals surface area contributed by atoms with Gasteiger partial charge in [-0.1, -0.05) is 30.3 Å². The monoisotopic (exact) mass is 734 g/mol. The Morgan fingerprint density at radius 1 is 0.640 bits per heavy atom. The number of hydrogen-bond acceptors (Lipinski definition) is 9. The minimum Gasteiger partial charge on any atom is -0.456 e. The Kier molecular flexibility index (Phi) is 8.70. The maximum atomic E-state index is 12.5. The first-order valence-electron chi connectivity index (χ1n) is 14.9. The maximum Gasteiger partial charge on any atom is 0.295 e. The number of rotatable bonds is 7. The topological polar surface area (TPSA) is 201 Å². The van der Waals surface area contributed by atoms with Crippen LogP contribution < -0.4 is 10.7 Å². The normalized spacial score (nSPS) is 12.9. The fourth-order valence-corrected chi connectivity index (χ4v) is 8.84. The van der Waals surface area contributed by atoms with Crippen LogP contribution in [0.5, 0.6) is 0 Å². The third kappa shape index (κ3) is 6.54. The summed E-state index contributed by atoms with van der Waals surface area (Å²) < 4.78 is 109. The fraction of sp³-hybridized carbons (Fsp3) is 0.114. The van der Waals surface area contributed by atoms with E-state index in [2.05, 4.69) is 10.3 Å². The third-order valence-electron chi connectivity index (χ3n) is 8.36. The van der Waals surface area contributed by atoms with Gasteiger partial charge in [-0.2, -0.15) is 25.3 Å². The highest BCUT2D eigenvalue weighted by atomic mass is 32.2. The first kappa shape index (κ1) is 34.9. The van der Waals surface area contributed by atoms with E-state index >= 15 is 0 Å². The predicted octanol–water partition coefficient (Wildman–Crippen LogP) is 7.15. The lowest BCUT2D eigenvalue weighted by atomic mass is 9.93. The Morgan fingerprint density at radius 2 is 1.28 bits per heavy atom. The van der Waals surface area contributed by atoms with Crippen molar-refractivity contribution >= 4 is 58.4 Å². The van der Waals surface area contributed by atoms with Gasteiger partial charge in [0.05, 0.1) is 11.0 Å². The van der Waals surface area contributed by atoms with Crippen LogP contribution in [-0.2, 0) is 30.4 Å². The molecular weight excluding hydrogens is 705 g/mol. The third-order valence-corrected chi connectivity index (χ3v) is 11.6. The molecule has 0 radical (unpaired) electrons. The van der Waals surface area contributed by atoms with Crippen LogP contribution in [0.3, 0.4) is 0 Å². The molecule has 4 N–H and O–H groups in total. The van der Waals surface area contributed by atoms with Crippen LogP contribution in [0, 0.1) is 27.7 Å². The molecule has 0 aromatic heterocycles. The Labute approximate surface area is 288 Å². The van der Waals surface area contributed by atoms with Crippen molar-refractivity contribution in [3.63, 3.8) is 0 Å². The Hall–Kier alpha value is -4.90. The number of benzene rings is 5. The molecule has 1 heterocycles. The lowest BCUT2D eigenvalue weighted by Crippen LogP contribution is -2.07. The van der Waals surface area contributed by atoms with Crippen molar-refractivity contribution < 1.29 is 43.3 Å². The van der Waals surface area contributed by atoms with Crippen molar-refractivity contribution in [1.82, 2.24) is 0 Å². The van der Waals surface area contributed by atoms with E-state index in [-0.39, 0.29) is 42.8 Å². The van der Waals surface area contributed by atoms with Crippen LogP contribution in [0.1, 0.15) is 22.3 Å². The highest BCUT2D eigenvalue weighted by Crippen LogP contribution is 2.43. The molecule has 1 aliphatic heterocycles. The first-order valence-corrected chi connectivity index (χ1v) is 19.2. The molecule has 15 heteroatoms. The summed E-state index contributed by atoms with van der Waals surface area (Å²) in [5.41, 5.74) is 3.78. The van der Waals surface area contributed by atoms with Crippen LogP contribution in [0.2, 0.25) is 0 Å². The molecule has 2 aliphatic rings. The van der Waals surface area contributed by atoms with Crippen molar-refractivity contribution in [2.24, 2.45) is 4.99 Å². The van der Waals surface area contributed by atoms with Gasteiger partial charge in [0.1, 0.15) is 26.0 Å². The van der Waals surface area contributed by atoms with Gasteiger partial charge in [0.2, 0.25) is 0 Å². The molecule has 1 aliphatic carbocycles. The summed E-state index contributed by atoms with van der Waals surface area (Å²) in [6.07, 6.45) is 0. The number of aryl methyl sites for hydroxylation is 2. The highest BCUT2D eigenvalue weighted by molar-refractivity contribution is 7.86. The van der Waals surface area contributed by atoms with E-state index in [9.17, 15) is 38.9 Å². The maximum absolute atomic E-state index is 12.5. The Balaban J connectivity index is 1.61. The Morgan fingerprint density at radius 3 is 1.94 bits per heavy atom. The van der Waals surface area contributed by atoms with Gasteiger partial charge in [-0.25, -0.2) is 4.99 Å². The number of nitrogens with one attached hydrogen (secondary N) is 1. The van der Waals surface area contributed by atoms with Gasteiger partial charge in [0.25, 0.3) is 30.4 Å². The summed E-state index contributed by atoms with van der Waals surface area (Å²) in [7, 11) is -13.7. The second kappa shape index (κ2) is 12.5. The molecule has 0 unspecified atom stereocenters. The first-order chi connectivity index (χ1) is 23.3. The highest BCUT2D eigenvalue weighted by Gasteiger charge is 2.24. The molecule has 0 bridgehead atoms. The molecule has 0 amide bonds. The average molecular weight is 735 g/mol. The van der Waals surface area contributed by atoms with Crippen molar-refractivity contribution in [1.29, 1.82) is 0 Å². The largest absolute Gasteiger partial charge is 0.456 e. The number of hydrogen-bond donors (Lipinski definition) is 4. The van der Waals surface area contributed by atoms with Crippen LogP contribution in [0.4, 0.5) is 17.1 Å². The number of nitrogens with zero attached hydrogens (tertiary/aromatic N) is 1. The minimum absolute atomic E-state index is 0.200. The summed E-state index contributed by atoms with van der Waals surface area (Å²) in [6.45, 7) is 6.21. The molecule has 0 saturated carbocycles. The van der Waals surface area contributed by atoms with E-state index in [0.29, 0.717) is 49.9 Å². The van der Waals surface area contributed by atoms with E-state index in [0.717, 1.165) is 0 Å². The molecule has 0 spiro atoms. The predicted molar refractivity (Wildman–Crippen MR) is 188 cm³/mol. The molecule has 4 aromatic carbocycles. The van der Waals surface area contributed by atoms with Crippen LogP contribution in [0.25, 0.3) is 33.4 Å². The van der Waals surface area contributed by atoms with Crippen LogP contribution >= 0.6 is 0 Å². The summed E-state index contributed by atoms with van der Waals surface area (Å²) in [4.78, 5) is 3.82. The van der Waals surface area contributed by atoms with Crippen molar-refractivity contribution in [3.05, 3.63) is 113 Å². The molecule has 50 heavy (non-hydrogen) atoms. The van der Waals surface area contributed by atoms with Crippen LogP contribution in [0.15, 0.2) is 109 Å².